The summed E-state index contributed by atoms with van der Waals surface area (Å²) in [7, 11) is 2.19. The maximum atomic E-state index is 9.36. The van der Waals surface area contributed by atoms with Crippen LogP contribution < -0.4 is 0 Å². The van der Waals surface area contributed by atoms with Crippen LogP contribution in [0.3, 0.4) is 0 Å². The maximum absolute atomic E-state index is 9.36. The van der Waals surface area contributed by atoms with E-state index in [1.165, 1.54) is 21.9 Å². The number of phenols is 1. The van der Waals surface area contributed by atoms with E-state index in [1.807, 2.05) is 12.1 Å². The predicted octanol–water partition coefficient (Wildman–Crippen LogP) is 4.65. The lowest BCUT2D eigenvalue weighted by atomic mass is 9.99. The minimum atomic E-state index is 0.330. The summed E-state index contributed by atoms with van der Waals surface area (Å²) in [5, 5.41) is 12.0. The second kappa shape index (κ2) is 7.50. The number of phenolic OH excluding ortho intramolecular Hbond substituents is 1. The van der Waals surface area contributed by atoms with Gasteiger partial charge in [-0.05, 0) is 60.8 Å². The van der Waals surface area contributed by atoms with Crippen LogP contribution in [0.15, 0.2) is 66.7 Å². The van der Waals surface area contributed by atoms with Crippen molar-refractivity contribution < 1.29 is 5.11 Å². The lowest BCUT2D eigenvalue weighted by molar-refractivity contribution is 0.260. The third-order valence-corrected chi connectivity index (χ3v) is 4.84. The van der Waals surface area contributed by atoms with E-state index in [2.05, 4.69) is 61.3 Å². The van der Waals surface area contributed by atoms with Gasteiger partial charge in [0.1, 0.15) is 5.75 Å². The molecule has 3 aromatic rings. The Labute approximate surface area is 144 Å². The molecular formula is C22H25NO. The molecule has 2 nitrogen and oxygen atoms in total. The molecular weight excluding hydrogens is 294 g/mol. The molecule has 1 N–H and O–H groups in total. The molecule has 3 rings (SSSR count). The van der Waals surface area contributed by atoms with Crippen LogP contribution in [0.1, 0.15) is 18.1 Å². The van der Waals surface area contributed by atoms with Crippen LogP contribution in [0.2, 0.25) is 0 Å². The molecule has 0 amide bonds. The number of nitrogens with zero attached hydrogens (tertiary/aromatic N) is 1. The van der Waals surface area contributed by atoms with Gasteiger partial charge in [-0.25, -0.2) is 0 Å². The fourth-order valence-electron chi connectivity index (χ4n) is 3.13. The maximum Gasteiger partial charge on any atom is 0.115 e. The van der Waals surface area contributed by atoms with Gasteiger partial charge in [-0.15, -0.1) is 0 Å². The Balaban J connectivity index is 1.63. The van der Waals surface area contributed by atoms with E-state index in [0.717, 1.165) is 19.4 Å². The zero-order valence-electron chi connectivity index (χ0n) is 14.4. The van der Waals surface area contributed by atoms with Crippen LogP contribution in [-0.2, 0) is 12.8 Å². The Hall–Kier alpha value is -2.32. The summed E-state index contributed by atoms with van der Waals surface area (Å²) >= 11 is 0. The summed E-state index contributed by atoms with van der Waals surface area (Å²) in [4.78, 5) is 2.41. The number of hydrogen-bond acceptors (Lipinski definition) is 2. The molecule has 1 atom stereocenters. The summed E-state index contributed by atoms with van der Waals surface area (Å²) in [6.07, 6.45) is 2.05. The second-order valence-electron chi connectivity index (χ2n) is 6.59. The molecule has 3 aromatic carbocycles. The minimum absolute atomic E-state index is 0.330. The van der Waals surface area contributed by atoms with Gasteiger partial charge in [0.25, 0.3) is 0 Å². The monoisotopic (exact) mass is 319 g/mol. The largest absolute Gasteiger partial charge is 0.508 e. The number of fused-ring (bicyclic) bond motifs is 1. The lowest BCUT2D eigenvalue weighted by Gasteiger charge is -2.25. The molecule has 0 aliphatic heterocycles. The van der Waals surface area contributed by atoms with Gasteiger partial charge in [0.15, 0.2) is 0 Å². The lowest BCUT2D eigenvalue weighted by Crippen LogP contribution is -2.32. The second-order valence-corrected chi connectivity index (χ2v) is 6.59. The molecule has 0 saturated heterocycles. The van der Waals surface area contributed by atoms with Gasteiger partial charge in [-0.1, -0.05) is 54.6 Å². The fraction of sp³-hybridized carbons (Fsp3) is 0.273. The molecule has 124 valence electrons. The molecule has 0 radical (unpaired) electrons. The van der Waals surface area contributed by atoms with Gasteiger partial charge >= 0.3 is 0 Å². The quantitative estimate of drug-likeness (QED) is 0.715. The van der Waals surface area contributed by atoms with E-state index in [-0.39, 0.29) is 0 Å². The zero-order chi connectivity index (χ0) is 16.9. The Morgan fingerprint density at radius 3 is 2.42 bits per heavy atom. The summed E-state index contributed by atoms with van der Waals surface area (Å²) in [6, 6.07) is 23.2. The molecule has 0 aromatic heterocycles. The number of rotatable bonds is 6. The molecule has 0 spiro atoms. The summed E-state index contributed by atoms with van der Waals surface area (Å²) in [6.45, 7) is 3.30. The molecule has 0 aliphatic rings. The average molecular weight is 319 g/mol. The number of hydrogen-bond donors (Lipinski definition) is 1. The molecule has 1 unspecified atom stereocenters. The van der Waals surface area contributed by atoms with Gasteiger partial charge in [0, 0.05) is 12.6 Å². The van der Waals surface area contributed by atoms with Crippen molar-refractivity contribution in [3.8, 4) is 5.75 Å². The summed E-state index contributed by atoms with van der Waals surface area (Å²) in [5.41, 5.74) is 2.68. The van der Waals surface area contributed by atoms with Crippen LogP contribution in [-0.4, -0.2) is 29.6 Å². The number of benzene rings is 3. The highest BCUT2D eigenvalue weighted by Gasteiger charge is 2.11. The van der Waals surface area contributed by atoms with Crippen molar-refractivity contribution in [1.82, 2.24) is 4.90 Å². The highest BCUT2D eigenvalue weighted by molar-refractivity contribution is 5.85. The van der Waals surface area contributed by atoms with Crippen molar-refractivity contribution in [3.05, 3.63) is 77.9 Å². The fourth-order valence-corrected chi connectivity index (χ4v) is 3.13. The van der Waals surface area contributed by atoms with Gasteiger partial charge in [-0.2, -0.15) is 0 Å². The van der Waals surface area contributed by atoms with Gasteiger partial charge in [-0.3, -0.25) is 0 Å². The summed E-state index contributed by atoms with van der Waals surface area (Å²) in [5.74, 6) is 0.330. The van der Waals surface area contributed by atoms with Crippen molar-refractivity contribution >= 4 is 10.8 Å². The first-order valence-electron chi connectivity index (χ1n) is 8.58. The van der Waals surface area contributed by atoms with E-state index in [9.17, 15) is 5.11 Å². The molecule has 2 heteroatoms. The van der Waals surface area contributed by atoms with Crippen molar-refractivity contribution in [3.63, 3.8) is 0 Å². The highest BCUT2D eigenvalue weighted by Crippen LogP contribution is 2.21. The molecule has 0 heterocycles. The van der Waals surface area contributed by atoms with Crippen molar-refractivity contribution in [1.29, 1.82) is 0 Å². The smallest absolute Gasteiger partial charge is 0.115 e. The third kappa shape index (κ3) is 3.95. The van der Waals surface area contributed by atoms with Crippen LogP contribution >= 0.6 is 0 Å². The Bertz CT molecular complexity index is 789. The molecule has 0 aliphatic carbocycles. The Morgan fingerprint density at radius 2 is 1.62 bits per heavy atom. The first-order chi connectivity index (χ1) is 11.6. The SMILES string of the molecule is CC(Cc1cccc2ccccc12)N(C)CCc1ccc(O)cc1. The number of aromatic hydroxyl groups is 1. The first-order valence-corrected chi connectivity index (χ1v) is 8.58. The Kier molecular flexibility index (Phi) is 5.17. The van der Waals surface area contributed by atoms with E-state index in [4.69, 9.17) is 0 Å². The molecule has 0 fully saturated rings. The molecule has 24 heavy (non-hydrogen) atoms. The Morgan fingerprint density at radius 1 is 0.917 bits per heavy atom. The van der Waals surface area contributed by atoms with E-state index >= 15 is 0 Å². The normalized spacial score (nSPS) is 12.6. The van der Waals surface area contributed by atoms with Crippen molar-refractivity contribution in [2.45, 2.75) is 25.8 Å². The van der Waals surface area contributed by atoms with Crippen LogP contribution in [0.5, 0.6) is 5.75 Å². The van der Waals surface area contributed by atoms with E-state index in [0.29, 0.717) is 11.8 Å². The van der Waals surface area contributed by atoms with Gasteiger partial charge in [0.05, 0.1) is 0 Å². The van der Waals surface area contributed by atoms with Gasteiger partial charge < -0.3 is 10.0 Å². The van der Waals surface area contributed by atoms with Gasteiger partial charge in [0.2, 0.25) is 0 Å². The van der Waals surface area contributed by atoms with Crippen molar-refractivity contribution in [2.75, 3.05) is 13.6 Å². The minimum Gasteiger partial charge on any atom is -0.508 e. The highest BCUT2D eigenvalue weighted by atomic mass is 16.3. The van der Waals surface area contributed by atoms with Crippen molar-refractivity contribution in [2.24, 2.45) is 0 Å². The van der Waals surface area contributed by atoms with Crippen LogP contribution in [0.25, 0.3) is 10.8 Å². The van der Waals surface area contributed by atoms with Crippen LogP contribution in [0, 0.1) is 0 Å². The topological polar surface area (TPSA) is 23.5 Å². The first kappa shape index (κ1) is 16.5. The zero-order valence-corrected chi connectivity index (χ0v) is 14.4. The predicted molar refractivity (Wildman–Crippen MR) is 102 cm³/mol. The average Bonchev–Trinajstić information content (AvgIpc) is 2.61. The molecule has 0 bridgehead atoms. The van der Waals surface area contributed by atoms with Crippen LogP contribution in [0.4, 0.5) is 0 Å². The third-order valence-electron chi connectivity index (χ3n) is 4.84. The molecule has 0 saturated carbocycles. The number of likely N-dealkylation sites (N-methyl/N-ethyl adjacent to an activating group) is 1. The standard InChI is InChI=1S/C22H25NO/c1-17(23(2)15-14-18-10-12-21(24)13-11-18)16-20-8-5-7-19-6-3-4-9-22(19)20/h3-13,17,24H,14-16H2,1-2H3. The van der Waals surface area contributed by atoms with E-state index < -0.39 is 0 Å². The van der Waals surface area contributed by atoms with E-state index in [1.54, 1.807) is 12.1 Å². The summed E-state index contributed by atoms with van der Waals surface area (Å²) < 4.78 is 0.